The Kier molecular flexibility index (Phi) is 6.39. The summed E-state index contributed by atoms with van der Waals surface area (Å²) in [6, 6.07) is 1.96. The van der Waals surface area contributed by atoms with E-state index in [1.165, 1.54) is 18.6 Å². The topological polar surface area (TPSA) is 16.4 Å². The molecular weight excluding hydrogens is 374 g/mol. The second-order valence-corrected chi connectivity index (χ2v) is 7.98. The number of thiophene rings is 1. The van der Waals surface area contributed by atoms with E-state index in [1.807, 2.05) is 23.2 Å². The molecule has 0 saturated heterocycles. The molecule has 0 bridgehead atoms. The smallest absolute Gasteiger partial charge is 0.197 e. The Hall–Kier alpha value is -0.0400. The van der Waals surface area contributed by atoms with E-state index in [2.05, 4.69) is 34.8 Å². The van der Waals surface area contributed by atoms with Gasteiger partial charge in [-0.2, -0.15) is 11.8 Å². The van der Waals surface area contributed by atoms with Crippen LogP contribution in [0.25, 0.3) is 10.3 Å². The van der Waals surface area contributed by atoms with E-state index in [9.17, 15) is 0 Å². The van der Waals surface area contributed by atoms with Crippen molar-refractivity contribution in [1.82, 2.24) is 0 Å². The highest BCUT2D eigenvalue weighted by molar-refractivity contribution is 9.10. The third kappa shape index (κ3) is 4.00. The first kappa shape index (κ1) is 16.3. The number of hydrogen-bond acceptors (Lipinski definition) is 5. The fraction of sp³-hybridized carbons (Fsp3) is 0.500. The monoisotopic (exact) mass is 391 g/mol. The van der Waals surface area contributed by atoms with Crippen LogP contribution in [0.15, 0.2) is 20.3 Å². The second kappa shape index (κ2) is 7.82. The molecule has 0 spiro atoms. The summed E-state index contributed by atoms with van der Waals surface area (Å²) in [4.78, 5) is 2.14. The van der Waals surface area contributed by atoms with Gasteiger partial charge in [0.15, 0.2) is 11.5 Å². The van der Waals surface area contributed by atoms with Gasteiger partial charge in [0.2, 0.25) is 0 Å². The zero-order valence-corrected chi connectivity index (χ0v) is 15.7. The molecule has 2 rings (SSSR count). The van der Waals surface area contributed by atoms with Gasteiger partial charge in [0.25, 0.3) is 0 Å². The van der Waals surface area contributed by atoms with Gasteiger partial charge in [-0.15, -0.1) is 11.3 Å². The molecule has 6 heteroatoms. The molecule has 0 fully saturated rings. The van der Waals surface area contributed by atoms with E-state index in [1.54, 1.807) is 11.3 Å². The summed E-state index contributed by atoms with van der Waals surface area (Å²) in [5.74, 6) is 3.20. The summed E-state index contributed by atoms with van der Waals surface area (Å²) < 4.78 is 8.86. The largest absolute Gasteiger partial charge is 0.438 e. The Morgan fingerprint density at radius 2 is 2.25 bits per heavy atom. The molecule has 2 aromatic heterocycles. The first-order valence-corrected chi connectivity index (χ1v) is 9.86. The van der Waals surface area contributed by atoms with E-state index in [0.29, 0.717) is 0 Å². The van der Waals surface area contributed by atoms with E-state index in [4.69, 9.17) is 16.6 Å². The van der Waals surface area contributed by atoms with Crippen molar-refractivity contribution in [3.8, 4) is 0 Å². The lowest BCUT2D eigenvalue weighted by atomic mass is 10.4. The standard InChI is InChI=1S/C14H18BrNOS3/c1-3-4-6-19-7-5-16(2)12-8-11(18)14-13(17-12)10(15)9-20-14/h8-9H,3-7H2,1-2H3. The van der Waals surface area contributed by atoms with Crippen LogP contribution in [0.5, 0.6) is 0 Å². The Morgan fingerprint density at radius 3 is 3.00 bits per heavy atom. The van der Waals surface area contributed by atoms with Crippen molar-refractivity contribution in [2.24, 2.45) is 0 Å². The van der Waals surface area contributed by atoms with Gasteiger partial charge in [0.05, 0.1) is 13.7 Å². The number of thioether (sulfide) groups is 1. The lowest BCUT2D eigenvalue weighted by Crippen LogP contribution is -2.20. The van der Waals surface area contributed by atoms with Gasteiger partial charge in [0.1, 0.15) is 0 Å². The normalized spacial score (nSPS) is 11.2. The highest BCUT2D eigenvalue weighted by atomic mass is 79.9. The van der Waals surface area contributed by atoms with Gasteiger partial charge in [-0.3, -0.25) is 0 Å². The number of halogens is 1. The molecule has 0 unspecified atom stereocenters. The minimum atomic E-state index is 0.845. The molecule has 0 aliphatic carbocycles. The highest BCUT2D eigenvalue weighted by Crippen LogP contribution is 2.34. The zero-order chi connectivity index (χ0) is 14.5. The lowest BCUT2D eigenvalue weighted by molar-refractivity contribution is 0.590. The van der Waals surface area contributed by atoms with E-state index < -0.39 is 0 Å². The molecule has 0 atom stereocenters. The molecule has 0 radical (unpaired) electrons. The van der Waals surface area contributed by atoms with Gasteiger partial charge < -0.3 is 9.32 Å². The first-order chi connectivity index (χ1) is 9.63. The molecule has 0 aliphatic rings. The maximum atomic E-state index is 5.97. The molecule has 0 N–H and O–H groups in total. The minimum Gasteiger partial charge on any atom is -0.438 e. The highest BCUT2D eigenvalue weighted by Gasteiger charge is 2.10. The van der Waals surface area contributed by atoms with Crippen molar-refractivity contribution in [2.75, 3.05) is 30.0 Å². The predicted molar refractivity (Wildman–Crippen MR) is 98.1 cm³/mol. The van der Waals surface area contributed by atoms with Crippen molar-refractivity contribution >= 4 is 67.4 Å². The molecule has 0 amide bonds. The number of rotatable bonds is 7. The van der Waals surface area contributed by atoms with Crippen LogP contribution in [-0.4, -0.2) is 25.1 Å². The number of unbranched alkanes of at least 4 members (excludes halogenated alkanes) is 1. The molecule has 0 aromatic carbocycles. The van der Waals surface area contributed by atoms with E-state index >= 15 is 0 Å². The summed E-state index contributed by atoms with van der Waals surface area (Å²) >= 11 is 12.6. The van der Waals surface area contributed by atoms with Crippen molar-refractivity contribution in [1.29, 1.82) is 0 Å². The Bertz CT molecular complexity index is 622. The average molecular weight is 392 g/mol. The van der Waals surface area contributed by atoms with Crippen LogP contribution in [0.4, 0.5) is 5.88 Å². The van der Waals surface area contributed by atoms with Crippen molar-refractivity contribution in [3.05, 3.63) is 20.4 Å². The molecule has 20 heavy (non-hydrogen) atoms. The van der Waals surface area contributed by atoms with Crippen LogP contribution in [0.1, 0.15) is 19.8 Å². The first-order valence-electron chi connectivity index (χ1n) is 6.63. The number of anilines is 1. The van der Waals surface area contributed by atoms with E-state index in [0.717, 1.165) is 37.4 Å². The molecule has 2 heterocycles. The summed E-state index contributed by atoms with van der Waals surface area (Å²) in [5.41, 5.74) is 0.864. The Balaban J connectivity index is 2.04. The molecule has 2 nitrogen and oxygen atoms in total. The second-order valence-electron chi connectivity index (χ2n) is 4.58. The maximum absolute atomic E-state index is 5.97. The van der Waals surface area contributed by atoms with Gasteiger partial charge in [-0.05, 0) is 28.1 Å². The fourth-order valence-corrected chi connectivity index (χ4v) is 4.64. The third-order valence-electron chi connectivity index (χ3n) is 2.98. The molecule has 0 saturated carbocycles. The van der Waals surface area contributed by atoms with Crippen molar-refractivity contribution in [3.63, 3.8) is 0 Å². The summed E-state index contributed by atoms with van der Waals surface area (Å²) in [5, 5.41) is 2.02. The average Bonchev–Trinajstić information content (AvgIpc) is 2.81. The van der Waals surface area contributed by atoms with Crippen molar-refractivity contribution in [2.45, 2.75) is 19.8 Å². The summed E-state index contributed by atoms with van der Waals surface area (Å²) in [6.45, 7) is 3.20. The number of hydrogen-bond donors (Lipinski definition) is 0. The van der Waals surface area contributed by atoms with E-state index in [-0.39, 0.29) is 0 Å². The molecule has 110 valence electrons. The Labute approximate surface area is 141 Å². The van der Waals surface area contributed by atoms with Crippen LogP contribution in [-0.2, 0) is 0 Å². The molecular formula is C14H18BrNOS3. The van der Waals surface area contributed by atoms with Gasteiger partial charge in [-0.1, -0.05) is 25.6 Å². The maximum Gasteiger partial charge on any atom is 0.197 e. The van der Waals surface area contributed by atoms with Gasteiger partial charge in [0, 0.05) is 30.8 Å². The third-order valence-corrected chi connectivity index (χ3v) is 6.36. The molecule has 2 aromatic rings. The summed E-state index contributed by atoms with van der Waals surface area (Å²) in [7, 11) is 2.06. The van der Waals surface area contributed by atoms with Crippen LogP contribution in [0.3, 0.4) is 0 Å². The van der Waals surface area contributed by atoms with Crippen LogP contribution in [0, 0.1) is 4.51 Å². The zero-order valence-electron chi connectivity index (χ0n) is 11.6. The predicted octanol–water partition coefficient (Wildman–Crippen LogP) is 5.96. The van der Waals surface area contributed by atoms with Crippen LogP contribution in [0.2, 0.25) is 0 Å². The number of nitrogens with zero attached hydrogens (tertiary/aromatic N) is 1. The SMILES string of the molecule is CCCCSCCN(C)c1cc(=S)c2scc(Br)c2o1. The Morgan fingerprint density at radius 1 is 1.45 bits per heavy atom. The lowest BCUT2D eigenvalue weighted by Gasteiger charge is -2.17. The van der Waals surface area contributed by atoms with Crippen LogP contribution < -0.4 is 4.90 Å². The number of fused-ring (bicyclic) bond motifs is 1. The van der Waals surface area contributed by atoms with Crippen LogP contribution >= 0.6 is 51.2 Å². The minimum absolute atomic E-state index is 0.845. The molecule has 0 aliphatic heterocycles. The fourth-order valence-electron chi connectivity index (χ4n) is 1.75. The quantitative estimate of drug-likeness (QED) is 0.427. The van der Waals surface area contributed by atoms with Gasteiger partial charge >= 0.3 is 0 Å². The van der Waals surface area contributed by atoms with Gasteiger partial charge in [-0.25, -0.2) is 0 Å². The van der Waals surface area contributed by atoms with Crippen molar-refractivity contribution < 1.29 is 4.42 Å². The summed E-state index contributed by atoms with van der Waals surface area (Å²) in [6.07, 6.45) is 2.56.